The first kappa shape index (κ1) is 20.1. The summed E-state index contributed by atoms with van der Waals surface area (Å²) >= 11 is 5.78. The Kier molecular flexibility index (Phi) is 6.30. The van der Waals surface area contributed by atoms with E-state index in [0.29, 0.717) is 0 Å². The number of ether oxygens (including phenoxy) is 2. The lowest BCUT2D eigenvalue weighted by atomic mass is 10.2. The Hall–Kier alpha value is -3.20. The van der Waals surface area contributed by atoms with E-state index in [9.17, 15) is 24.1 Å². The zero-order chi connectivity index (χ0) is 20.1. The molecule has 2 aromatic rings. The van der Waals surface area contributed by atoms with Crippen LogP contribution in [0.4, 0.5) is 15.8 Å². The molecule has 2 aromatic carbocycles. The molecule has 1 amide bonds. The molecule has 142 valence electrons. The van der Waals surface area contributed by atoms with E-state index >= 15 is 0 Å². The van der Waals surface area contributed by atoms with Gasteiger partial charge in [0.05, 0.1) is 28.3 Å². The number of nitrogens with zero attached hydrogens (tertiary/aromatic N) is 1. The highest BCUT2D eigenvalue weighted by molar-refractivity contribution is 6.33. The molecule has 0 aliphatic rings. The second kappa shape index (κ2) is 8.45. The standard InChI is InChI=1S/C17H14ClFN2O6/c1-9(27-17(23)12-5-3-10(19)7-13(12)18)16(22)20-14-8-11(21(24)25)4-6-15(14)26-2/h3-9H,1-2H3,(H,20,22). The van der Waals surface area contributed by atoms with Crippen molar-refractivity contribution in [3.8, 4) is 5.75 Å². The minimum absolute atomic E-state index is 0.0411. The lowest BCUT2D eigenvalue weighted by Crippen LogP contribution is -2.30. The van der Waals surface area contributed by atoms with Gasteiger partial charge in [-0.25, -0.2) is 9.18 Å². The topological polar surface area (TPSA) is 108 Å². The molecule has 0 spiro atoms. The lowest BCUT2D eigenvalue weighted by molar-refractivity contribution is -0.384. The number of halogens is 2. The SMILES string of the molecule is COc1ccc([N+](=O)[O-])cc1NC(=O)C(C)OC(=O)c1ccc(F)cc1Cl. The molecule has 1 unspecified atom stereocenters. The number of nitrogens with one attached hydrogen (secondary N) is 1. The maximum Gasteiger partial charge on any atom is 0.340 e. The van der Waals surface area contributed by atoms with Crippen molar-refractivity contribution in [3.63, 3.8) is 0 Å². The Morgan fingerprint density at radius 3 is 2.56 bits per heavy atom. The van der Waals surface area contributed by atoms with Crippen molar-refractivity contribution in [1.82, 2.24) is 0 Å². The van der Waals surface area contributed by atoms with E-state index < -0.39 is 28.7 Å². The van der Waals surface area contributed by atoms with Crippen molar-refractivity contribution in [3.05, 3.63) is 62.9 Å². The summed E-state index contributed by atoms with van der Waals surface area (Å²) in [5.41, 5.74) is -0.320. The molecule has 27 heavy (non-hydrogen) atoms. The number of amides is 1. The van der Waals surface area contributed by atoms with Crippen LogP contribution >= 0.6 is 11.6 Å². The van der Waals surface area contributed by atoms with E-state index in [0.717, 1.165) is 24.3 Å². The maximum atomic E-state index is 13.0. The molecule has 0 bridgehead atoms. The first-order chi connectivity index (χ1) is 12.7. The van der Waals surface area contributed by atoms with E-state index in [1.807, 2.05) is 0 Å². The molecular weight excluding hydrogens is 383 g/mol. The van der Waals surface area contributed by atoms with Gasteiger partial charge >= 0.3 is 5.97 Å². The van der Waals surface area contributed by atoms with Crippen LogP contribution in [0.2, 0.25) is 5.02 Å². The molecule has 1 N–H and O–H groups in total. The quantitative estimate of drug-likeness (QED) is 0.454. The predicted octanol–water partition coefficient (Wildman–Crippen LogP) is 3.58. The van der Waals surface area contributed by atoms with Crippen LogP contribution in [0.3, 0.4) is 0 Å². The molecular formula is C17H14ClFN2O6. The first-order valence-electron chi connectivity index (χ1n) is 7.52. The van der Waals surface area contributed by atoms with Gasteiger partial charge in [0, 0.05) is 12.1 Å². The Morgan fingerprint density at radius 2 is 1.96 bits per heavy atom. The van der Waals surface area contributed by atoms with E-state index in [1.165, 1.54) is 26.2 Å². The number of hydrogen-bond acceptors (Lipinski definition) is 6. The monoisotopic (exact) mass is 396 g/mol. The molecule has 0 saturated carbocycles. The predicted molar refractivity (Wildman–Crippen MR) is 94.6 cm³/mol. The molecule has 0 fully saturated rings. The molecule has 8 nitrogen and oxygen atoms in total. The van der Waals surface area contributed by atoms with Gasteiger partial charge in [-0.3, -0.25) is 14.9 Å². The molecule has 0 aliphatic carbocycles. The summed E-state index contributed by atoms with van der Waals surface area (Å²) in [7, 11) is 1.33. The van der Waals surface area contributed by atoms with Crippen LogP contribution in [0.1, 0.15) is 17.3 Å². The fourth-order valence-electron chi connectivity index (χ4n) is 2.07. The smallest absolute Gasteiger partial charge is 0.340 e. The van der Waals surface area contributed by atoms with Gasteiger partial charge in [0.25, 0.3) is 11.6 Å². The average molecular weight is 397 g/mol. The second-order valence-corrected chi connectivity index (χ2v) is 5.71. The van der Waals surface area contributed by atoms with Crippen molar-refractivity contribution in [2.24, 2.45) is 0 Å². The Morgan fingerprint density at radius 1 is 1.26 bits per heavy atom. The van der Waals surface area contributed by atoms with Crippen molar-refractivity contribution in [2.75, 3.05) is 12.4 Å². The number of anilines is 1. The second-order valence-electron chi connectivity index (χ2n) is 5.30. The molecule has 0 aliphatic heterocycles. The van der Waals surface area contributed by atoms with Gasteiger partial charge in [-0.15, -0.1) is 0 Å². The van der Waals surface area contributed by atoms with Crippen LogP contribution in [0.5, 0.6) is 5.75 Å². The highest BCUT2D eigenvalue weighted by Crippen LogP contribution is 2.29. The lowest BCUT2D eigenvalue weighted by Gasteiger charge is -2.15. The third-order valence-electron chi connectivity index (χ3n) is 3.46. The zero-order valence-corrected chi connectivity index (χ0v) is 15.0. The van der Waals surface area contributed by atoms with E-state index in [2.05, 4.69) is 5.32 Å². The van der Waals surface area contributed by atoms with Crippen molar-refractivity contribution in [1.29, 1.82) is 0 Å². The maximum absolute atomic E-state index is 13.0. The zero-order valence-electron chi connectivity index (χ0n) is 14.2. The third kappa shape index (κ3) is 4.91. The summed E-state index contributed by atoms with van der Waals surface area (Å²) in [5.74, 6) is -2.11. The van der Waals surface area contributed by atoms with Crippen LogP contribution in [0, 0.1) is 15.9 Å². The largest absolute Gasteiger partial charge is 0.495 e. The number of carbonyl (C=O) groups excluding carboxylic acids is 2. The van der Waals surface area contributed by atoms with Gasteiger partial charge in [0.2, 0.25) is 0 Å². The number of nitro benzene ring substituents is 1. The third-order valence-corrected chi connectivity index (χ3v) is 3.77. The van der Waals surface area contributed by atoms with Crippen LogP contribution in [0.25, 0.3) is 0 Å². The normalized spacial score (nSPS) is 11.4. The highest BCUT2D eigenvalue weighted by Gasteiger charge is 2.22. The van der Waals surface area contributed by atoms with Gasteiger partial charge in [-0.1, -0.05) is 11.6 Å². The highest BCUT2D eigenvalue weighted by atomic mass is 35.5. The Balaban J connectivity index is 2.12. The van der Waals surface area contributed by atoms with Gasteiger partial charge < -0.3 is 14.8 Å². The average Bonchev–Trinajstić information content (AvgIpc) is 2.61. The minimum Gasteiger partial charge on any atom is -0.495 e. The van der Waals surface area contributed by atoms with Crippen molar-refractivity contribution >= 4 is 34.9 Å². The Bertz CT molecular complexity index is 905. The molecule has 10 heteroatoms. The van der Waals surface area contributed by atoms with Crippen molar-refractivity contribution in [2.45, 2.75) is 13.0 Å². The van der Waals surface area contributed by atoms with Crippen molar-refractivity contribution < 1.29 is 28.4 Å². The summed E-state index contributed by atoms with van der Waals surface area (Å²) in [6.07, 6.45) is -1.26. The van der Waals surface area contributed by atoms with Gasteiger partial charge in [-0.05, 0) is 31.2 Å². The molecule has 1 atom stereocenters. The molecule has 2 rings (SSSR count). The number of non-ortho nitro benzene ring substituents is 1. The fourth-order valence-corrected chi connectivity index (χ4v) is 2.32. The number of esters is 1. The number of methoxy groups -OCH3 is 1. The van der Waals surface area contributed by atoms with Crippen LogP contribution in [-0.4, -0.2) is 30.0 Å². The van der Waals surface area contributed by atoms with Crippen LogP contribution in [0.15, 0.2) is 36.4 Å². The molecule has 0 aromatic heterocycles. The minimum atomic E-state index is -1.26. The van der Waals surface area contributed by atoms with Crippen LogP contribution < -0.4 is 10.1 Å². The number of rotatable bonds is 6. The van der Waals surface area contributed by atoms with Gasteiger partial charge in [0.1, 0.15) is 11.6 Å². The van der Waals surface area contributed by atoms with E-state index in [1.54, 1.807) is 0 Å². The van der Waals surface area contributed by atoms with Crippen LogP contribution in [-0.2, 0) is 9.53 Å². The summed E-state index contributed by atoms with van der Waals surface area (Å²) < 4.78 is 23.1. The Labute approximate surface area is 158 Å². The number of carbonyl (C=O) groups is 2. The van der Waals surface area contributed by atoms with E-state index in [-0.39, 0.29) is 27.7 Å². The number of benzene rings is 2. The van der Waals surface area contributed by atoms with Gasteiger partial charge in [0.15, 0.2) is 6.10 Å². The number of nitro groups is 1. The van der Waals surface area contributed by atoms with Gasteiger partial charge in [-0.2, -0.15) is 0 Å². The molecule has 0 saturated heterocycles. The first-order valence-corrected chi connectivity index (χ1v) is 7.90. The summed E-state index contributed by atoms with van der Waals surface area (Å²) in [5, 5.41) is 13.1. The van der Waals surface area contributed by atoms with E-state index in [4.69, 9.17) is 21.1 Å². The number of hydrogen-bond donors (Lipinski definition) is 1. The molecule has 0 radical (unpaired) electrons. The summed E-state index contributed by atoms with van der Waals surface area (Å²) in [6, 6.07) is 6.76. The fraction of sp³-hybridized carbons (Fsp3) is 0.176. The molecule has 0 heterocycles. The summed E-state index contributed by atoms with van der Waals surface area (Å²) in [4.78, 5) is 34.6. The summed E-state index contributed by atoms with van der Waals surface area (Å²) in [6.45, 7) is 1.30.